The minimum Gasteiger partial charge on any atom is -0.394 e. The second-order valence-corrected chi connectivity index (χ2v) is 12.3. The van der Waals surface area contributed by atoms with Crippen molar-refractivity contribution < 1.29 is 44.5 Å². The standard InChI is InChI=1S/C29H33FN6O8S/c1-14-4-2-5-15(8-14)18-10-35(33-31-18)22-24(39)20(12-37)43-28(26(22)41)45-29-27(42)23(25(40)21(13-38)44-29)36-11-19(32-34-36)16-6-3-7-17(30)9-16/h2-11,20-29,37-42H,12-13H2,1H3/t20?,21?,22?,23-,24-,25-,26+,27?,28-,29-/m0/s1. The van der Waals surface area contributed by atoms with E-state index in [0.717, 1.165) is 22.9 Å². The Morgan fingerprint density at radius 2 is 1.22 bits per heavy atom. The maximum absolute atomic E-state index is 13.8. The number of aryl methyl sites for hydroxylation is 1. The number of benzene rings is 2. The molecule has 2 aromatic heterocycles. The lowest BCUT2D eigenvalue weighted by molar-refractivity contribution is -0.189. The number of aromatic nitrogens is 6. The molecule has 2 aliphatic heterocycles. The lowest BCUT2D eigenvalue weighted by Gasteiger charge is -2.46. The molecule has 0 bridgehead atoms. The summed E-state index contributed by atoms with van der Waals surface area (Å²) in [5.74, 6) is -0.474. The molecule has 0 radical (unpaired) electrons. The Kier molecular flexibility index (Phi) is 9.28. The summed E-state index contributed by atoms with van der Waals surface area (Å²) in [6.07, 6.45) is -4.98. The molecule has 2 saturated heterocycles. The van der Waals surface area contributed by atoms with Crippen LogP contribution in [0.3, 0.4) is 0 Å². The van der Waals surface area contributed by atoms with Crippen molar-refractivity contribution in [3.8, 4) is 22.5 Å². The maximum atomic E-state index is 13.8. The Bertz CT molecular complexity index is 1490. The second kappa shape index (κ2) is 13.2. The molecule has 0 saturated carbocycles. The smallest absolute Gasteiger partial charge is 0.134 e. The number of aliphatic hydroxyl groups excluding tert-OH is 6. The van der Waals surface area contributed by atoms with Gasteiger partial charge in [0.2, 0.25) is 0 Å². The minimum atomic E-state index is -1.47. The molecule has 6 rings (SSSR count). The van der Waals surface area contributed by atoms with Gasteiger partial charge in [0.1, 0.15) is 76.8 Å². The van der Waals surface area contributed by atoms with Gasteiger partial charge in [0.25, 0.3) is 0 Å². The van der Waals surface area contributed by atoms with E-state index in [2.05, 4.69) is 20.6 Å². The van der Waals surface area contributed by atoms with E-state index in [9.17, 15) is 35.0 Å². The summed E-state index contributed by atoms with van der Waals surface area (Å²) in [6, 6.07) is 11.0. The van der Waals surface area contributed by atoms with E-state index in [0.29, 0.717) is 11.3 Å². The number of rotatable bonds is 8. The zero-order valence-electron chi connectivity index (χ0n) is 23.9. The van der Waals surface area contributed by atoms with Gasteiger partial charge in [-0.15, -0.1) is 10.2 Å². The highest BCUT2D eigenvalue weighted by molar-refractivity contribution is 8.00. The van der Waals surface area contributed by atoms with Gasteiger partial charge in [0, 0.05) is 11.1 Å². The molecule has 16 heteroatoms. The molecule has 0 amide bonds. The van der Waals surface area contributed by atoms with E-state index in [1.165, 1.54) is 33.8 Å². The van der Waals surface area contributed by atoms with E-state index in [1.807, 2.05) is 31.2 Å². The van der Waals surface area contributed by atoms with Crippen molar-refractivity contribution in [3.63, 3.8) is 0 Å². The van der Waals surface area contributed by atoms with E-state index in [4.69, 9.17) is 9.47 Å². The summed E-state index contributed by atoms with van der Waals surface area (Å²) in [7, 11) is 0. The number of aliphatic hydroxyl groups is 6. The average Bonchev–Trinajstić information content (AvgIpc) is 3.71. The summed E-state index contributed by atoms with van der Waals surface area (Å²) in [4.78, 5) is 0. The Morgan fingerprint density at radius 3 is 1.69 bits per heavy atom. The Balaban J connectivity index is 1.25. The van der Waals surface area contributed by atoms with Crippen LogP contribution in [0, 0.1) is 12.7 Å². The predicted octanol–water partition coefficient (Wildman–Crippen LogP) is 0.0447. The molecule has 2 aliphatic rings. The third-order valence-corrected chi connectivity index (χ3v) is 9.35. The Morgan fingerprint density at radius 1 is 0.733 bits per heavy atom. The zero-order chi connectivity index (χ0) is 31.8. The van der Waals surface area contributed by atoms with Crippen LogP contribution in [0.4, 0.5) is 4.39 Å². The van der Waals surface area contributed by atoms with E-state index in [-0.39, 0.29) is 5.69 Å². The first-order chi connectivity index (χ1) is 21.7. The molecule has 0 spiro atoms. The average molecular weight is 645 g/mol. The first-order valence-electron chi connectivity index (χ1n) is 14.3. The molecule has 0 aliphatic carbocycles. The topological polar surface area (TPSA) is 201 Å². The highest BCUT2D eigenvalue weighted by atomic mass is 32.2. The van der Waals surface area contributed by atoms with Crippen molar-refractivity contribution in [1.82, 2.24) is 30.0 Å². The number of hydrogen-bond donors (Lipinski definition) is 6. The SMILES string of the molecule is Cc1cccc(-c2cn(C3[C@@H](O)C(CO)O[C@@H](S[C@@H]4OC(CO)[C@H](O)[C@H](n5cc(-c6cccc(F)c6)nn5)C4O)[C@@H]3O)nn2)c1. The largest absolute Gasteiger partial charge is 0.394 e. The van der Waals surface area contributed by atoms with Crippen molar-refractivity contribution in [1.29, 1.82) is 0 Å². The summed E-state index contributed by atoms with van der Waals surface area (Å²) in [5, 5.41) is 81.4. The monoisotopic (exact) mass is 644 g/mol. The fourth-order valence-electron chi connectivity index (χ4n) is 5.68. The van der Waals surface area contributed by atoms with Gasteiger partial charge >= 0.3 is 0 Å². The number of hydrogen-bond acceptors (Lipinski definition) is 13. The highest BCUT2D eigenvalue weighted by Crippen LogP contribution is 2.42. The normalized spacial score (nSPS) is 32.1. The number of ether oxygens (including phenoxy) is 2. The van der Waals surface area contributed by atoms with E-state index < -0.39 is 78.6 Å². The Labute approximate surface area is 260 Å². The van der Waals surface area contributed by atoms with Crippen LogP contribution in [-0.4, -0.2) is 121 Å². The molecule has 4 unspecified atom stereocenters. The van der Waals surface area contributed by atoms with Crippen molar-refractivity contribution >= 4 is 11.8 Å². The van der Waals surface area contributed by atoms with Gasteiger partial charge in [-0.05, 0) is 25.1 Å². The van der Waals surface area contributed by atoms with Gasteiger partial charge in [-0.1, -0.05) is 58.1 Å². The van der Waals surface area contributed by atoms with Gasteiger partial charge in [-0.2, -0.15) is 0 Å². The van der Waals surface area contributed by atoms with Crippen LogP contribution in [0.15, 0.2) is 60.9 Å². The lowest BCUT2D eigenvalue weighted by Crippen LogP contribution is -2.58. The molecule has 4 aromatic rings. The number of thioether (sulfide) groups is 1. The second-order valence-electron chi connectivity index (χ2n) is 11.1. The third-order valence-electron chi connectivity index (χ3n) is 8.03. The fourth-order valence-corrected chi connectivity index (χ4v) is 7.00. The van der Waals surface area contributed by atoms with Crippen LogP contribution in [-0.2, 0) is 9.47 Å². The first-order valence-corrected chi connectivity index (χ1v) is 15.2. The first kappa shape index (κ1) is 31.7. The van der Waals surface area contributed by atoms with Crippen LogP contribution in [0.25, 0.3) is 22.5 Å². The van der Waals surface area contributed by atoms with Crippen LogP contribution in [0.2, 0.25) is 0 Å². The zero-order valence-corrected chi connectivity index (χ0v) is 24.7. The van der Waals surface area contributed by atoms with Gasteiger partial charge in [0.05, 0.1) is 25.6 Å². The molecule has 2 aromatic carbocycles. The molecular weight excluding hydrogens is 611 g/mol. The summed E-state index contributed by atoms with van der Waals surface area (Å²) in [6.45, 7) is 0.742. The van der Waals surface area contributed by atoms with Crippen molar-refractivity contribution in [2.24, 2.45) is 0 Å². The van der Waals surface area contributed by atoms with Crippen molar-refractivity contribution in [2.45, 2.75) is 66.5 Å². The summed E-state index contributed by atoms with van der Waals surface area (Å²) in [5.41, 5.74) is 0.663. The lowest BCUT2D eigenvalue weighted by atomic mass is 9.97. The van der Waals surface area contributed by atoms with Crippen LogP contribution in [0.1, 0.15) is 17.6 Å². The molecular formula is C29H33FN6O8S. The quantitative estimate of drug-likeness (QED) is 0.150. The van der Waals surface area contributed by atoms with E-state index in [1.54, 1.807) is 12.3 Å². The van der Waals surface area contributed by atoms with Crippen LogP contribution >= 0.6 is 11.8 Å². The number of halogens is 1. The molecule has 240 valence electrons. The fraction of sp³-hybridized carbons (Fsp3) is 0.448. The molecule has 14 nitrogen and oxygen atoms in total. The van der Waals surface area contributed by atoms with Gasteiger partial charge in [0.15, 0.2) is 0 Å². The number of nitrogens with zero attached hydrogens (tertiary/aromatic N) is 6. The van der Waals surface area contributed by atoms with Gasteiger partial charge < -0.3 is 40.1 Å². The van der Waals surface area contributed by atoms with Crippen LogP contribution < -0.4 is 0 Å². The van der Waals surface area contributed by atoms with Crippen LogP contribution in [0.5, 0.6) is 0 Å². The minimum absolute atomic E-state index is 0.289. The molecule has 4 heterocycles. The van der Waals surface area contributed by atoms with Crippen molar-refractivity contribution in [3.05, 3.63) is 72.3 Å². The molecule has 2 fully saturated rings. The Hall–Kier alpha value is -3.32. The highest BCUT2D eigenvalue weighted by Gasteiger charge is 2.51. The van der Waals surface area contributed by atoms with Gasteiger partial charge in [-0.25, -0.2) is 13.8 Å². The molecule has 10 atom stereocenters. The van der Waals surface area contributed by atoms with Crippen molar-refractivity contribution in [2.75, 3.05) is 13.2 Å². The van der Waals surface area contributed by atoms with E-state index >= 15 is 0 Å². The maximum Gasteiger partial charge on any atom is 0.134 e. The summed E-state index contributed by atoms with van der Waals surface area (Å²) >= 11 is 0.846. The molecule has 6 N–H and O–H groups in total. The predicted molar refractivity (Wildman–Crippen MR) is 157 cm³/mol. The summed E-state index contributed by atoms with van der Waals surface area (Å²) < 4.78 is 28.0. The van der Waals surface area contributed by atoms with Gasteiger partial charge in [-0.3, -0.25) is 0 Å². The third kappa shape index (κ3) is 6.25. The molecule has 45 heavy (non-hydrogen) atoms.